The molecule has 1 aromatic heterocycles. The van der Waals surface area contributed by atoms with Crippen molar-refractivity contribution in [1.29, 1.82) is 0 Å². The molecular formula is C18H17N3O2S. The standard InChI is InChI=1S/C18H17N3O2S/c1-24-15-9-5-8-14(12-15)19-16(22)10-11-17-20-21-18(23-17)13-6-3-2-4-7-13/h2-9,12H,10-11H2,1H3,(H,19,22). The Kier molecular flexibility index (Phi) is 5.28. The van der Waals surface area contributed by atoms with Crippen molar-refractivity contribution in [2.45, 2.75) is 17.7 Å². The summed E-state index contributed by atoms with van der Waals surface area (Å²) >= 11 is 1.64. The van der Waals surface area contributed by atoms with E-state index in [1.807, 2.05) is 60.9 Å². The number of anilines is 1. The van der Waals surface area contributed by atoms with Gasteiger partial charge < -0.3 is 9.73 Å². The Morgan fingerprint density at radius 3 is 2.75 bits per heavy atom. The number of aryl methyl sites for hydroxylation is 1. The summed E-state index contributed by atoms with van der Waals surface area (Å²) in [5.41, 5.74) is 1.66. The van der Waals surface area contributed by atoms with Gasteiger partial charge in [0.15, 0.2) is 0 Å². The number of amides is 1. The molecule has 0 atom stereocenters. The van der Waals surface area contributed by atoms with E-state index in [-0.39, 0.29) is 5.91 Å². The molecule has 2 aromatic carbocycles. The fraction of sp³-hybridized carbons (Fsp3) is 0.167. The van der Waals surface area contributed by atoms with Gasteiger partial charge in [0.25, 0.3) is 0 Å². The molecule has 3 aromatic rings. The fourth-order valence-electron chi connectivity index (χ4n) is 2.20. The number of nitrogens with zero attached hydrogens (tertiary/aromatic N) is 2. The normalized spacial score (nSPS) is 10.5. The summed E-state index contributed by atoms with van der Waals surface area (Å²) in [6.45, 7) is 0. The van der Waals surface area contributed by atoms with E-state index in [1.165, 1.54) is 0 Å². The predicted molar refractivity (Wildman–Crippen MR) is 94.9 cm³/mol. The maximum absolute atomic E-state index is 12.1. The topological polar surface area (TPSA) is 68.0 Å². The Bertz CT molecular complexity index is 818. The molecule has 24 heavy (non-hydrogen) atoms. The van der Waals surface area contributed by atoms with Crippen molar-refractivity contribution in [3.05, 3.63) is 60.5 Å². The predicted octanol–water partition coefficient (Wildman–Crippen LogP) is 4.03. The lowest BCUT2D eigenvalue weighted by molar-refractivity contribution is -0.116. The lowest BCUT2D eigenvalue weighted by Crippen LogP contribution is -2.12. The average Bonchev–Trinajstić information content (AvgIpc) is 3.10. The van der Waals surface area contributed by atoms with E-state index in [0.29, 0.717) is 24.6 Å². The zero-order valence-corrected chi connectivity index (χ0v) is 14.0. The fourth-order valence-corrected chi connectivity index (χ4v) is 2.66. The maximum Gasteiger partial charge on any atom is 0.247 e. The zero-order valence-electron chi connectivity index (χ0n) is 13.2. The second-order valence-electron chi connectivity index (χ2n) is 5.15. The van der Waals surface area contributed by atoms with Gasteiger partial charge in [0, 0.05) is 29.0 Å². The molecule has 0 aliphatic carbocycles. The average molecular weight is 339 g/mol. The molecule has 5 nitrogen and oxygen atoms in total. The molecule has 122 valence electrons. The largest absolute Gasteiger partial charge is 0.421 e. The lowest BCUT2D eigenvalue weighted by atomic mass is 10.2. The molecule has 3 rings (SSSR count). The summed E-state index contributed by atoms with van der Waals surface area (Å²) in [7, 11) is 0. The molecule has 0 unspecified atom stereocenters. The molecule has 0 aliphatic heterocycles. The first-order valence-corrected chi connectivity index (χ1v) is 8.79. The van der Waals surface area contributed by atoms with Crippen molar-refractivity contribution < 1.29 is 9.21 Å². The minimum atomic E-state index is -0.0762. The molecule has 1 amide bonds. The number of hydrogen-bond acceptors (Lipinski definition) is 5. The monoisotopic (exact) mass is 339 g/mol. The maximum atomic E-state index is 12.1. The third-order valence-electron chi connectivity index (χ3n) is 3.41. The van der Waals surface area contributed by atoms with Crippen LogP contribution in [0.1, 0.15) is 12.3 Å². The summed E-state index contributed by atoms with van der Waals surface area (Å²) in [5.74, 6) is 0.855. The van der Waals surface area contributed by atoms with Crippen molar-refractivity contribution in [2.75, 3.05) is 11.6 Å². The van der Waals surface area contributed by atoms with Gasteiger partial charge in [-0.1, -0.05) is 24.3 Å². The minimum Gasteiger partial charge on any atom is -0.421 e. The van der Waals surface area contributed by atoms with Crippen molar-refractivity contribution in [1.82, 2.24) is 10.2 Å². The van der Waals surface area contributed by atoms with Gasteiger partial charge in [-0.15, -0.1) is 22.0 Å². The van der Waals surface area contributed by atoms with Crippen molar-refractivity contribution in [3.8, 4) is 11.5 Å². The van der Waals surface area contributed by atoms with Crippen molar-refractivity contribution >= 4 is 23.4 Å². The van der Waals surface area contributed by atoms with Crippen LogP contribution in [-0.2, 0) is 11.2 Å². The summed E-state index contributed by atoms with van der Waals surface area (Å²) in [6, 6.07) is 17.3. The molecule has 0 saturated heterocycles. The van der Waals surface area contributed by atoms with E-state index in [9.17, 15) is 4.79 Å². The molecule has 1 heterocycles. The van der Waals surface area contributed by atoms with Crippen LogP contribution in [0, 0.1) is 0 Å². The van der Waals surface area contributed by atoms with Crippen LogP contribution in [-0.4, -0.2) is 22.4 Å². The minimum absolute atomic E-state index is 0.0762. The summed E-state index contributed by atoms with van der Waals surface area (Å²) < 4.78 is 5.60. The summed E-state index contributed by atoms with van der Waals surface area (Å²) in [4.78, 5) is 13.2. The molecule has 0 bridgehead atoms. The van der Waals surface area contributed by atoms with Gasteiger partial charge in [0.2, 0.25) is 17.7 Å². The van der Waals surface area contributed by atoms with Gasteiger partial charge in [-0.05, 0) is 36.6 Å². The number of nitrogens with one attached hydrogen (secondary N) is 1. The zero-order chi connectivity index (χ0) is 16.8. The highest BCUT2D eigenvalue weighted by atomic mass is 32.2. The third-order valence-corrected chi connectivity index (χ3v) is 4.13. The molecule has 0 spiro atoms. The van der Waals surface area contributed by atoms with Crippen LogP contribution in [0.5, 0.6) is 0 Å². The van der Waals surface area contributed by atoms with Crippen LogP contribution >= 0.6 is 11.8 Å². The number of rotatable bonds is 6. The Morgan fingerprint density at radius 2 is 1.96 bits per heavy atom. The first-order chi connectivity index (χ1) is 11.7. The van der Waals surface area contributed by atoms with Crippen LogP contribution in [0.2, 0.25) is 0 Å². The lowest BCUT2D eigenvalue weighted by Gasteiger charge is -2.05. The van der Waals surface area contributed by atoms with E-state index in [2.05, 4.69) is 15.5 Å². The van der Waals surface area contributed by atoms with Crippen LogP contribution in [0.3, 0.4) is 0 Å². The van der Waals surface area contributed by atoms with Crippen molar-refractivity contribution in [3.63, 3.8) is 0 Å². The van der Waals surface area contributed by atoms with Crippen molar-refractivity contribution in [2.24, 2.45) is 0 Å². The summed E-state index contributed by atoms with van der Waals surface area (Å²) in [5, 5.41) is 10.9. The van der Waals surface area contributed by atoms with Gasteiger partial charge in [0.05, 0.1) is 0 Å². The number of carbonyl (C=O) groups excluding carboxylic acids is 1. The van der Waals surface area contributed by atoms with Gasteiger partial charge >= 0.3 is 0 Å². The van der Waals surface area contributed by atoms with E-state index in [1.54, 1.807) is 11.8 Å². The number of benzene rings is 2. The number of carbonyl (C=O) groups is 1. The molecule has 1 N–H and O–H groups in total. The van der Waals surface area contributed by atoms with Gasteiger partial charge in [-0.2, -0.15) is 0 Å². The van der Waals surface area contributed by atoms with E-state index in [4.69, 9.17) is 4.42 Å². The smallest absolute Gasteiger partial charge is 0.247 e. The van der Waals surface area contributed by atoms with E-state index >= 15 is 0 Å². The third kappa shape index (κ3) is 4.23. The van der Waals surface area contributed by atoms with E-state index < -0.39 is 0 Å². The second kappa shape index (κ2) is 7.79. The number of hydrogen-bond donors (Lipinski definition) is 1. The van der Waals surface area contributed by atoms with Crippen LogP contribution in [0.4, 0.5) is 5.69 Å². The molecule has 0 saturated carbocycles. The molecular weight excluding hydrogens is 322 g/mol. The molecule has 0 fully saturated rings. The Labute approximate surface area is 144 Å². The Hall–Kier alpha value is -2.60. The van der Waals surface area contributed by atoms with Crippen LogP contribution in [0.15, 0.2) is 63.9 Å². The second-order valence-corrected chi connectivity index (χ2v) is 6.03. The molecule has 6 heteroatoms. The van der Waals surface area contributed by atoms with Gasteiger partial charge in [-0.25, -0.2) is 0 Å². The highest BCUT2D eigenvalue weighted by molar-refractivity contribution is 7.98. The van der Waals surface area contributed by atoms with E-state index in [0.717, 1.165) is 16.1 Å². The highest BCUT2D eigenvalue weighted by Gasteiger charge is 2.10. The summed E-state index contributed by atoms with van der Waals surface area (Å²) in [6.07, 6.45) is 2.70. The van der Waals surface area contributed by atoms with Crippen LogP contribution < -0.4 is 5.32 Å². The Morgan fingerprint density at radius 1 is 1.12 bits per heavy atom. The SMILES string of the molecule is CSc1cccc(NC(=O)CCc2nnc(-c3ccccc3)o2)c1. The van der Waals surface area contributed by atoms with Gasteiger partial charge in [0.1, 0.15) is 0 Å². The highest BCUT2D eigenvalue weighted by Crippen LogP contribution is 2.20. The molecule has 0 radical (unpaired) electrons. The quantitative estimate of drug-likeness (QED) is 0.687. The first-order valence-electron chi connectivity index (χ1n) is 7.56. The number of thioether (sulfide) groups is 1. The number of aromatic nitrogens is 2. The Balaban J connectivity index is 1.56. The van der Waals surface area contributed by atoms with Crippen LogP contribution in [0.25, 0.3) is 11.5 Å². The van der Waals surface area contributed by atoms with Gasteiger partial charge in [-0.3, -0.25) is 4.79 Å². The molecule has 0 aliphatic rings. The first kappa shape index (κ1) is 16.3.